The monoisotopic (exact) mass is 342 g/mol. The van der Waals surface area contributed by atoms with Crippen molar-refractivity contribution in [1.29, 1.82) is 0 Å². The molecule has 1 aromatic carbocycles. The topological polar surface area (TPSA) is 60.4 Å². The highest BCUT2D eigenvalue weighted by Gasteiger charge is 2.46. The molecule has 128 valence electrons. The Morgan fingerprint density at radius 3 is 2.52 bits per heavy atom. The summed E-state index contributed by atoms with van der Waals surface area (Å²) in [6.45, 7) is 3.98. The zero-order chi connectivity index (χ0) is 17.1. The molecule has 1 fully saturated rings. The third-order valence-corrected chi connectivity index (χ3v) is 5.86. The van der Waals surface area contributed by atoms with Crippen molar-refractivity contribution in [2.45, 2.75) is 63.4 Å². The van der Waals surface area contributed by atoms with E-state index in [0.717, 1.165) is 49.9 Å². The van der Waals surface area contributed by atoms with Crippen molar-refractivity contribution < 1.29 is 21.8 Å². The summed E-state index contributed by atoms with van der Waals surface area (Å²) in [4.78, 5) is 12.4. The molecular weight excluding hydrogens is 319 g/mol. The second kappa shape index (κ2) is 7.09. The van der Waals surface area contributed by atoms with Crippen LogP contribution in [-0.2, 0) is 19.1 Å². The Bertz CT molecular complexity index is 654. The number of rotatable bonds is 7. The van der Waals surface area contributed by atoms with Crippen LogP contribution >= 0.6 is 0 Å². The maximum Gasteiger partial charge on any atom is 0.297 e. The number of unbranched alkanes of at least 4 members (excludes halogenated alkanes) is 2. The van der Waals surface area contributed by atoms with Crippen LogP contribution in [0.2, 0.25) is 0 Å². The van der Waals surface area contributed by atoms with Crippen molar-refractivity contribution in [1.82, 2.24) is 0 Å². The van der Waals surface area contributed by atoms with E-state index in [1.54, 1.807) is 0 Å². The van der Waals surface area contributed by atoms with Gasteiger partial charge in [-0.2, -0.15) is 8.42 Å². The lowest BCUT2D eigenvalue weighted by Gasteiger charge is -2.22. The van der Waals surface area contributed by atoms with Gasteiger partial charge in [-0.25, -0.2) is 4.39 Å². The fourth-order valence-corrected chi connectivity index (χ4v) is 4.08. The Balaban J connectivity index is 2.06. The van der Waals surface area contributed by atoms with Crippen molar-refractivity contribution in [3.63, 3.8) is 0 Å². The minimum Gasteiger partial charge on any atom is -0.296 e. The molecule has 2 atom stereocenters. The molecule has 4 nitrogen and oxygen atoms in total. The van der Waals surface area contributed by atoms with E-state index >= 15 is 0 Å². The van der Waals surface area contributed by atoms with Gasteiger partial charge in [0.15, 0.2) is 5.78 Å². The van der Waals surface area contributed by atoms with Crippen LogP contribution in [0.15, 0.2) is 29.2 Å². The molecule has 1 aliphatic rings. The SMILES string of the molecule is CCCCC[C@]1(C)CC[C@@H](OS(=O)(=O)c2ccc(F)cc2)C1=O. The van der Waals surface area contributed by atoms with Gasteiger partial charge >= 0.3 is 0 Å². The summed E-state index contributed by atoms with van der Waals surface area (Å²) in [7, 11) is -4.06. The van der Waals surface area contributed by atoms with E-state index in [9.17, 15) is 17.6 Å². The van der Waals surface area contributed by atoms with E-state index in [-0.39, 0.29) is 10.7 Å². The number of ketones is 1. The van der Waals surface area contributed by atoms with E-state index in [4.69, 9.17) is 4.18 Å². The van der Waals surface area contributed by atoms with E-state index in [1.165, 1.54) is 0 Å². The maximum absolute atomic E-state index is 12.9. The van der Waals surface area contributed by atoms with Crippen LogP contribution < -0.4 is 0 Å². The smallest absolute Gasteiger partial charge is 0.296 e. The molecule has 1 aromatic rings. The molecule has 23 heavy (non-hydrogen) atoms. The largest absolute Gasteiger partial charge is 0.297 e. The van der Waals surface area contributed by atoms with Crippen molar-refractivity contribution in [3.05, 3.63) is 30.1 Å². The first kappa shape index (κ1) is 18.1. The van der Waals surface area contributed by atoms with Gasteiger partial charge in [-0.3, -0.25) is 8.98 Å². The minimum absolute atomic E-state index is 0.133. The molecule has 6 heteroatoms. The van der Waals surface area contributed by atoms with Gasteiger partial charge in [0.2, 0.25) is 0 Å². The van der Waals surface area contributed by atoms with Gasteiger partial charge in [0, 0.05) is 5.41 Å². The van der Waals surface area contributed by atoms with Crippen LogP contribution in [0.4, 0.5) is 4.39 Å². The van der Waals surface area contributed by atoms with Crippen LogP contribution in [0.1, 0.15) is 52.4 Å². The fraction of sp³-hybridized carbons (Fsp3) is 0.588. The van der Waals surface area contributed by atoms with E-state index in [2.05, 4.69) is 6.92 Å². The zero-order valence-electron chi connectivity index (χ0n) is 13.5. The molecule has 0 spiro atoms. The van der Waals surface area contributed by atoms with Gasteiger partial charge in [0.05, 0.1) is 4.90 Å². The number of carbonyl (C=O) groups is 1. The fourth-order valence-electron chi connectivity index (χ4n) is 3.01. The highest BCUT2D eigenvalue weighted by Crippen LogP contribution is 2.41. The Hall–Kier alpha value is -1.27. The lowest BCUT2D eigenvalue weighted by Crippen LogP contribution is -2.31. The molecule has 0 aromatic heterocycles. The Kier molecular flexibility index (Phi) is 5.57. The first-order chi connectivity index (χ1) is 10.8. The summed E-state index contributed by atoms with van der Waals surface area (Å²) >= 11 is 0. The predicted octanol–water partition coefficient (Wildman–Crippen LogP) is 3.85. The van der Waals surface area contributed by atoms with E-state index in [0.29, 0.717) is 12.8 Å². The molecular formula is C17H23FO4S. The minimum atomic E-state index is -4.06. The molecule has 2 rings (SSSR count). The molecule has 0 heterocycles. The van der Waals surface area contributed by atoms with Gasteiger partial charge in [0.25, 0.3) is 10.1 Å². The van der Waals surface area contributed by atoms with Gasteiger partial charge in [-0.05, 0) is 43.5 Å². The zero-order valence-corrected chi connectivity index (χ0v) is 14.4. The molecule has 0 aliphatic heterocycles. The molecule has 0 saturated heterocycles. The molecule has 0 amide bonds. The standard InChI is InChI=1S/C17H23FO4S/c1-3-4-5-11-17(2)12-10-15(16(17)19)22-23(20,21)14-8-6-13(18)7-9-14/h6-9,15H,3-5,10-12H2,1-2H3/t15-,17-/m1/s1. The second-order valence-electron chi connectivity index (χ2n) is 6.41. The van der Waals surface area contributed by atoms with Crippen LogP contribution in [0.25, 0.3) is 0 Å². The third kappa shape index (κ3) is 4.18. The van der Waals surface area contributed by atoms with Crippen LogP contribution in [0.3, 0.4) is 0 Å². The molecule has 0 unspecified atom stereocenters. The second-order valence-corrected chi connectivity index (χ2v) is 7.99. The van der Waals surface area contributed by atoms with Crippen molar-refractivity contribution in [3.8, 4) is 0 Å². The van der Waals surface area contributed by atoms with Crippen molar-refractivity contribution in [2.24, 2.45) is 5.41 Å². The van der Waals surface area contributed by atoms with Crippen LogP contribution in [-0.4, -0.2) is 20.3 Å². The Labute approximate surface area is 137 Å². The number of hydrogen-bond acceptors (Lipinski definition) is 4. The molecule has 0 radical (unpaired) electrons. The molecule has 1 saturated carbocycles. The number of Topliss-reactive ketones (excluding diaryl/α,β-unsaturated/α-hetero) is 1. The summed E-state index contributed by atoms with van der Waals surface area (Å²) in [5.74, 6) is -0.663. The Morgan fingerprint density at radius 2 is 1.91 bits per heavy atom. The molecule has 0 bridgehead atoms. The van der Waals surface area contributed by atoms with Gasteiger partial charge < -0.3 is 0 Å². The Morgan fingerprint density at radius 1 is 1.26 bits per heavy atom. The van der Waals surface area contributed by atoms with Crippen LogP contribution in [0, 0.1) is 11.2 Å². The van der Waals surface area contributed by atoms with Gasteiger partial charge in [-0.1, -0.05) is 33.1 Å². The highest BCUT2D eigenvalue weighted by molar-refractivity contribution is 7.86. The summed E-state index contributed by atoms with van der Waals surface area (Å²) in [6, 6.07) is 4.40. The summed E-state index contributed by atoms with van der Waals surface area (Å²) in [5, 5.41) is 0. The summed E-state index contributed by atoms with van der Waals surface area (Å²) < 4.78 is 42.5. The average Bonchev–Trinajstić information content (AvgIpc) is 2.76. The lowest BCUT2D eigenvalue weighted by atomic mass is 9.82. The number of halogens is 1. The third-order valence-electron chi connectivity index (χ3n) is 4.52. The average molecular weight is 342 g/mol. The normalized spacial score (nSPS) is 25.0. The molecule has 1 aliphatic carbocycles. The number of hydrogen-bond donors (Lipinski definition) is 0. The van der Waals surface area contributed by atoms with E-state index in [1.807, 2.05) is 6.92 Å². The predicted molar refractivity (Wildman–Crippen MR) is 84.9 cm³/mol. The van der Waals surface area contributed by atoms with Crippen LogP contribution in [0.5, 0.6) is 0 Å². The van der Waals surface area contributed by atoms with E-state index < -0.39 is 27.5 Å². The van der Waals surface area contributed by atoms with Crippen molar-refractivity contribution >= 4 is 15.9 Å². The number of benzene rings is 1. The number of carbonyl (C=O) groups excluding carboxylic acids is 1. The quantitative estimate of drug-likeness (QED) is 0.558. The summed E-state index contributed by atoms with van der Waals surface area (Å²) in [6.07, 6.45) is 3.95. The van der Waals surface area contributed by atoms with Gasteiger partial charge in [0.1, 0.15) is 11.9 Å². The summed E-state index contributed by atoms with van der Waals surface area (Å²) in [5.41, 5.74) is -0.502. The highest BCUT2D eigenvalue weighted by atomic mass is 32.2. The first-order valence-corrected chi connectivity index (χ1v) is 9.42. The first-order valence-electron chi connectivity index (χ1n) is 8.02. The molecule has 0 N–H and O–H groups in total. The maximum atomic E-state index is 12.9. The van der Waals surface area contributed by atoms with Gasteiger partial charge in [-0.15, -0.1) is 0 Å². The van der Waals surface area contributed by atoms with Crippen molar-refractivity contribution in [2.75, 3.05) is 0 Å². The lowest BCUT2D eigenvalue weighted by molar-refractivity contribution is -0.130.